The molecule has 0 aliphatic rings. The van der Waals surface area contributed by atoms with Crippen LogP contribution in [0.15, 0.2) is 18.7 Å². The van der Waals surface area contributed by atoms with Crippen LogP contribution in [0.5, 0.6) is 0 Å². The summed E-state index contributed by atoms with van der Waals surface area (Å²) in [5.74, 6) is 0. The highest BCUT2D eigenvalue weighted by molar-refractivity contribution is 5.13. The van der Waals surface area contributed by atoms with Crippen LogP contribution in [-0.2, 0) is 6.54 Å². The molecule has 0 fully saturated rings. The summed E-state index contributed by atoms with van der Waals surface area (Å²) in [5, 5.41) is 7.94. The van der Waals surface area contributed by atoms with Crippen LogP contribution in [0, 0.1) is 6.92 Å². The van der Waals surface area contributed by atoms with E-state index in [4.69, 9.17) is 0 Å². The number of unbranched alkanes of at least 4 members (excludes halogenated alkanes) is 3. The topological polar surface area (TPSA) is 29.9 Å². The lowest BCUT2D eigenvalue weighted by atomic mass is 10.0. The second kappa shape index (κ2) is 8.09. The van der Waals surface area contributed by atoms with Gasteiger partial charge in [0.15, 0.2) is 0 Å². The van der Waals surface area contributed by atoms with E-state index in [1.165, 1.54) is 31.4 Å². The molecule has 0 radical (unpaired) electrons. The highest BCUT2D eigenvalue weighted by Gasteiger charge is 2.14. The standard InChI is InChI=1S/C15H27N3/c1-5-7-8-9-10-11-14(16-4)15-12-13(3)17-18(15)6-2/h5,12,14,16H,1,6-11H2,2-4H3. The summed E-state index contributed by atoms with van der Waals surface area (Å²) in [5.41, 5.74) is 2.43. The van der Waals surface area contributed by atoms with Crippen LogP contribution in [0.2, 0.25) is 0 Å². The molecule has 1 aromatic rings. The molecule has 1 rings (SSSR count). The minimum atomic E-state index is 0.426. The van der Waals surface area contributed by atoms with Gasteiger partial charge in [-0.05, 0) is 46.2 Å². The Hall–Kier alpha value is -1.09. The minimum absolute atomic E-state index is 0.426. The molecule has 0 saturated carbocycles. The summed E-state index contributed by atoms with van der Waals surface area (Å²) in [7, 11) is 2.04. The molecular formula is C15H27N3. The van der Waals surface area contributed by atoms with Crippen molar-refractivity contribution in [3.63, 3.8) is 0 Å². The van der Waals surface area contributed by atoms with Gasteiger partial charge in [0, 0.05) is 12.6 Å². The Labute approximate surface area is 111 Å². The average Bonchev–Trinajstić information content (AvgIpc) is 2.75. The summed E-state index contributed by atoms with van der Waals surface area (Å²) in [4.78, 5) is 0. The van der Waals surface area contributed by atoms with E-state index in [0.717, 1.165) is 18.7 Å². The third-order valence-electron chi connectivity index (χ3n) is 3.34. The SMILES string of the molecule is C=CCCCCCC(NC)c1cc(C)nn1CC. The van der Waals surface area contributed by atoms with Crippen molar-refractivity contribution in [2.75, 3.05) is 7.05 Å². The fraction of sp³-hybridized carbons (Fsp3) is 0.667. The van der Waals surface area contributed by atoms with E-state index in [-0.39, 0.29) is 0 Å². The van der Waals surface area contributed by atoms with Crippen molar-refractivity contribution < 1.29 is 0 Å². The summed E-state index contributed by atoms with van der Waals surface area (Å²) in [6.07, 6.45) is 8.11. The van der Waals surface area contributed by atoms with Crippen LogP contribution in [0.1, 0.15) is 56.5 Å². The largest absolute Gasteiger partial charge is 0.312 e. The maximum Gasteiger partial charge on any atom is 0.0597 e. The monoisotopic (exact) mass is 249 g/mol. The van der Waals surface area contributed by atoms with E-state index in [2.05, 4.69) is 41.6 Å². The maximum atomic E-state index is 4.52. The molecule has 1 unspecified atom stereocenters. The van der Waals surface area contributed by atoms with Crippen LogP contribution in [-0.4, -0.2) is 16.8 Å². The molecule has 18 heavy (non-hydrogen) atoms. The zero-order valence-corrected chi connectivity index (χ0v) is 12.1. The number of nitrogens with one attached hydrogen (secondary N) is 1. The molecule has 0 spiro atoms. The van der Waals surface area contributed by atoms with Gasteiger partial charge in [0.05, 0.1) is 11.4 Å². The molecule has 1 aromatic heterocycles. The molecule has 0 aromatic carbocycles. The summed E-state index contributed by atoms with van der Waals surface area (Å²) in [6, 6.07) is 2.63. The van der Waals surface area contributed by atoms with Crippen molar-refractivity contribution in [1.29, 1.82) is 0 Å². The summed E-state index contributed by atoms with van der Waals surface area (Å²) >= 11 is 0. The van der Waals surface area contributed by atoms with Gasteiger partial charge in [-0.1, -0.05) is 18.9 Å². The Morgan fingerprint density at radius 3 is 2.83 bits per heavy atom. The predicted octanol–water partition coefficient (Wildman–Crippen LogP) is 3.61. The molecule has 0 bridgehead atoms. The zero-order valence-electron chi connectivity index (χ0n) is 12.1. The quantitative estimate of drug-likeness (QED) is 0.535. The molecule has 102 valence electrons. The van der Waals surface area contributed by atoms with E-state index in [0.29, 0.717) is 6.04 Å². The predicted molar refractivity (Wildman–Crippen MR) is 77.7 cm³/mol. The van der Waals surface area contributed by atoms with Gasteiger partial charge in [-0.2, -0.15) is 5.10 Å². The first-order chi connectivity index (χ1) is 8.72. The van der Waals surface area contributed by atoms with Gasteiger partial charge in [0.25, 0.3) is 0 Å². The van der Waals surface area contributed by atoms with Crippen molar-refractivity contribution in [2.45, 2.75) is 58.5 Å². The molecule has 0 amide bonds. The van der Waals surface area contributed by atoms with Gasteiger partial charge in [-0.3, -0.25) is 4.68 Å². The highest BCUT2D eigenvalue weighted by atomic mass is 15.3. The molecule has 3 heteroatoms. The van der Waals surface area contributed by atoms with Gasteiger partial charge in [-0.25, -0.2) is 0 Å². The lowest BCUT2D eigenvalue weighted by Gasteiger charge is -2.17. The van der Waals surface area contributed by atoms with Crippen molar-refractivity contribution in [3.05, 3.63) is 30.1 Å². The molecule has 0 aliphatic carbocycles. The fourth-order valence-corrected chi connectivity index (χ4v) is 2.35. The number of aryl methyl sites for hydroxylation is 2. The zero-order chi connectivity index (χ0) is 13.4. The van der Waals surface area contributed by atoms with E-state index in [1.807, 2.05) is 13.1 Å². The highest BCUT2D eigenvalue weighted by Crippen LogP contribution is 2.21. The van der Waals surface area contributed by atoms with E-state index in [1.54, 1.807) is 0 Å². The third kappa shape index (κ3) is 4.30. The van der Waals surface area contributed by atoms with E-state index < -0.39 is 0 Å². The molecule has 1 N–H and O–H groups in total. The van der Waals surface area contributed by atoms with Crippen molar-refractivity contribution in [1.82, 2.24) is 15.1 Å². The first-order valence-electron chi connectivity index (χ1n) is 7.05. The number of allylic oxidation sites excluding steroid dienone is 1. The number of hydrogen-bond acceptors (Lipinski definition) is 2. The Morgan fingerprint density at radius 2 is 2.22 bits per heavy atom. The Balaban J connectivity index is 2.51. The average molecular weight is 249 g/mol. The minimum Gasteiger partial charge on any atom is -0.312 e. The molecule has 1 heterocycles. The van der Waals surface area contributed by atoms with Crippen LogP contribution < -0.4 is 5.32 Å². The Kier molecular flexibility index (Phi) is 6.73. The molecule has 1 atom stereocenters. The number of aromatic nitrogens is 2. The first kappa shape index (κ1) is 15.0. The number of hydrogen-bond donors (Lipinski definition) is 1. The smallest absolute Gasteiger partial charge is 0.0597 e. The third-order valence-corrected chi connectivity index (χ3v) is 3.34. The first-order valence-corrected chi connectivity index (χ1v) is 7.05. The molecular weight excluding hydrogens is 222 g/mol. The van der Waals surface area contributed by atoms with Gasteiger partial charge < -0.3 is 5.32 Å². The molecule has 3 nitrogen and oxygen atoms in total. The van der Waals surface area contributed by atoms with E-state index in [9.17, 15) is 0 Å². The summed E-state index contributed by atoms with van der Waals surface area (Å²) < 4.78 is 2.11. The Bertz CT molecular complexity index is 355. The molecule has 0 aliphatic heterocycles. The van der Waals surface area contributed by atoms with Crippen LogP contribution >= 0.6 is 0 Å². The second-order valence-corrected chi connectivity index (χ2v) is 4.79. The molecule has 0 saturated heterocycles. The lowest BCUT2D eigenvalue weighted by Crippen LogP contribution is -2.20. The van der Waals surface area contributed by atoms with Gasteiger partial charge >= 0.3 is 0 Å². The lowest BCUT2D eigenvalue weighted by molar-refractivity contribution is 0.465. The fourth-order valence-electron chi connectivity index (χ4n) is 2.35. The number of nitrogens with zero attached hydrogens (tertiary/aromatic N) is 2. The van der Waals surface area contributed by atoms with Gasteiger partial charge in [0.1, 0.15) is 0 Å². The van der Waals surface area contributed by atoms with E-state index >= 15 is 0 Å². The summed E-state index contributed by atoms with van der Waals surface area (Å²) in [6.45, 7) is 8.91. The van der Waals surface area contributed by atoms with Crippen LogP contribution in [0.3, 0.4) is 0 Å². The Morgan fingerprint density at radius 1 is 1.44 bits per heavy atom. The van der Waals surface area contributed by atoms with Crippen LogP contribution in [0.25, 0.3) is 0 Å². The second-order valence-electron chi connectivity index (χ2n) is 4.79. The van der Waals surface area contributed by atoms with Crippen LogP contribution in [0.4, 0.5) is 0 Å². The van der Waals surface area contributed by atoms with Crippen molar-refractivity contribution in [2.24, 2.45) is 0 Å². The van der Waals surface area contributed by atoms with Crippen molar-refractivity contribution >= 4 is 0 Å². The van der Waals surface area contributed by atoms with Gasteiger partial charge in [0.2, 0.25) is 0 Å². The normalized spacial score (nSPS) is 12.6. The maximum absolute atomic E-state index is 4.52. The van der Waals surface area contributed by atoms with Gasteiger partial charge in [-0.15, -0.1) is 6.58 Å². The number of rotatable bonds is 9. The van der Waals surface area contributed by atoms with Crippen molar-refractivity contribution in [3.8, 4) is 0 Å².